The second-order valence-electron chi connectivity index (χ2n) is 10.2. The molecule has 0 saturated heterocycles. The van der Waals surface area contributed by atoms with Gasteiger partial charge >= 0.3 is 0 Å². The molecule has 0 saturated carbocycles. The molecule has 0 radical (unpaired) electrons. The maximum Gasteiger partial charge on any atom is 0.0467 e. The number of fused-ring (bicyclic) bond motifs is 1. The average molecular weight is 524 g/mol. The van der Waals surface area contributed by atoms with Gasteiger partial charge in [0.25, 0.3) is 0 Å². The lowest BCUT2D eigenvalue weighted by Crippen LogP contribution is -2.10. The van der Waals surface area contributed by atoms with E-state index < -0.39 is 0 Å². The molecule has 0 spiro atoms. The lowest BCUT2D eigenvalue weighted by Gasteiger charge is -2.26. The maximum absolute atomic E-state index is 2.35. The normalized spacial score (nSPS) is 10.9. The number of nitrogens with zero attached hydrogens (tertiary/aromatic N) is 1. The molecule has 1 nitrogen and oxygen atoms in total. The second kappa shape index (κ2) is 11.0. The molecular formula is C40H29N. The molecule has 0 amide bonds. The second-order valence-corrected chi connectivity index (χ2v) is 10.2. The van der Waals surface area contributed by atoms with E-state index in [9.17, 15) is 0 Å². The summed E-state index contributed by atoms with van der Waals surface area (Å²) in [6.07, 6.45) is 0. The summed E-state index contributed by atoms with van der Waals surface area (Å²) in [6.45, 7) is 0. The smallest absolute Gasteiger partial charge is 0.0467 e. The SMILES string of the molecule is c1ccc(-c2cccc(-c3cccc(N(c4ccccc4)c4cccc(-c5cccc6ccccc56)c4)c3)c2)cc1. The van der Waals surface area contributed by atoms with Crippen molar-refractivity contribution in [1.82, 2.24) is 0 Å². The van der Waals surface area contributed by atoms with Gasteiger partial charge in [-0.05, 0) is 86.6 Å². The van der Waals surface area contributed by atoms with Crippen LogP contribution in [0.4, 0.5) is 17.1 Å². The Balaban J connectivity index is 1.33. The van der Waals surface area contributed by atoms with Crippen LogP contribution in [-0.2, 0) is 0 Å². The van der Waals surface area contributed by atoms with E-state index in [-0.39, 0.29) is 0 Å². The fraction of sp³-hybridized carbons (Fsp3) is 0. The van der Waals surface area contributed by atoms with Crippen molar-refractivity contribution < 1.29 is 0 Å². The maximum atomic E-state index is 2.35. The summed E-state index contributed by atoms with van der Waals surface area (Å²) in [5.74, 6) is 0. The fourth-order valence-electron chi connectivity index (χ4n) is 5.65. The van der Waals surface area contributed by atoms with Gasteiger partial charge in [-0.15, -0.1) is 0 Å². The van der Waals surface area contributed by atoms with Crippen molar-refractivity contribution in [2.45, 2.75) is 0 Å². The van der Waals surface area contributed by atoms with E-state index in [4.69, 9.17) is 0 Å². The van der Waals surface area contributed by atoms with Crippen molar-refractivity contribution in [2.24, 2.45) is 0 Å². The number of hydrogen-bond donors (Lipinski definition) is 0. The van der Waals surface area contributed by atoms with Gasteiger partial charge in [-0.1, -0.05) is 133 Å². The van der Waals surface area contributed by atoms with E-state index in [0.717, 1.165) is 17.1 Å². The predicted octanol–water partition coefficient (Wildman–Crippen LogP) is 11.3. The van der Waals surface area contributed by atoms with E-state index in [1.54, 1.807) is 0 Å². The lowest BCUT2D eigenvalue weighted by molar-refractivity contribution is 1.28. The van der Waals surface area contributed by atoms with Crippen molar-refractivity contribution >= 4 is 27.8 Å². The molecule has 41 heavy (non-hydrogen) atoms. The highest BCUT2D eigenvalue weighted by Crippen LogP contribution is 2.39. The van der Waals surface area contributed by atoms with Gasteiger partial charge in [-0.2, -0.15) is 0 Å². The molecule has 194 valence electrons. The first-order valence-corrected chi connectivity index (χ1v) is 14.0. The van der Waals surface area contributed by atoms with Crippen LogP contribution in [0.2, 0.25) is 0 Å². The van der Waals surface area contributed by atoms with E-state index in [2.05, 4.69) is 181 Å². The van der Waals surface area contributed by atoms with Crippen molar-refractivity contribution in [2.75, 3.05) is 4.90 Å². The molecule has 7 aromatic carbocycles. The molecule has 0 aliphatic rings. The third-order valence-corrected chi connectivity index (χ3v) is 7.63. The zero-order chi connectivity index (χ0) is 27.4. The molecule has 7 aromatic rings. The minimum Gasteiger partial charge on any atom is -0.310 e. The van der Waals surface area contributed by atoms with Crippen molar-refractivity contribution in [3.63, 3.8) is 0 Å². The third kappa shape index (κ3) is 5.02. The van der Waals surface area contributed by atoms with E-state index in [1.807, 2.05) is 0 Å². The van der Waals surface area contributed by atoms with Gasteiger partial charge in [0.2, 0.25) is 0 Å². The summed E-state index contributed by atoms with van der Waals surface area (Å²) >= 11 is 0. The first-order chi connectivity index (χ1) is 20.3. The van der Waals surface area contributed by atoms with Gasteiger partial charge in [0.1, 0.15) is 0 Å². The van der Waals surface area contributed by atoms with Crippen LogP contribution in [0.3, 0.4) is 0 Å². The van der Waals surface area contributed by atoms with Gasteiger partial charge < -0.3 is 4.90 Å². The predicted molar refractivity (Wildman–Crippen MR) is 175 cm³/mol. The number of rotatable bonds is 6. The summed E-state index contributed by atoms with van der Waals surface area (Å²) < 4.78 is 0. The Labute approximate surface area is 241 Å². The zero-order valence-corrected chi connectivity index (χ0v) is 22.7. The molecule has 0 unspecified atom stereocenters. The number of benzene rings is 7. The number of hydrogen-bond acceptors (Lipinski definition) is 1. The van der Waals surface area contributed by atoms with Crippen LogP contribution in [0.1, 0.15) is 0 Å². The fourth-order valence-corrected chi connectivity index (χ4v) is 5.65. The summed E-state index contributed by atoms with van der Waals surface area (Å²) in [7, 11) is 0. The van der Waals surface area contributed by atoms with Crippen molar-refractivity contribution in [3.8, 4) is 33.4 Å². The monoisotopic (exact) mass is 523 g/mol. The quantitative estimate of drug-likeness (QED) is 0.209. The Hall–Kier alpha value is -5.40. The minimum absolute atomic E-state index is 1.12. The molecule has 0 atom stereocenters. The molecule has 0 fully saturated rings. The Morgan fingerprint density at radius 2 is 0.756 bits per heavy atom. The summed E-state index contributed by atoms with van der Waals surface area (Å²) in [4.78, 5) is 2.35. The van der Waals surface area contributed by atoms with Crippen LogP contribution in [-0.4, -0.2) is 0 Å². The Kier molecular flexibility index (Phi) is 6.61. The van der Waals surface area contributed by atoms with E-state index in [1.165, 1.54) is 44.2 Å². The summed E-state index contributed by atoms with van der Waals surface area (Å²) in [5, 5.41) is 2.51. The molecule has 0 aromatic heterocycles. The highest BCUT2D eigenvalue weighted by atomic mass is 15.1. The molecule has 0 N–H and O–H groups in total. The number of para-hydroxylation sites is 1. The minimum atomic E-state index is 1.12. The van der Waals surface area contributed by atoms with Crippen LogP contribution >= 0.6 is 0 Å². The van der Waals surface area contributed by atoms with Crippen molar-refractivity contribution in [1.29, 1.82) is 0 Å². The largest absolute Gasteiger partial charge is 0.310 e. The number of anilines is 3. The summed E-state index contributed by atoms with van der Waals surface area (Å²) in [5.41, 5.74) is 10.6. The topological polar surface area (TPSA) is 3.24 Å². The van der Waals surface area contributed by atoms with Crippen LogP contribution in [0.15, 0.2) is 176 Å². The van der Waals surface area contributed by atoms with Crippen LogP contribution in [0.25, 0.3) is 44.2 Å². The van der Waals surface area contributed by atoms with Crippen LogP contribution in [0, 0.1) is 0 Å². The van der Waals surface area contributed by atoms with Gasteiger partial charge in [-0.25, -0.2) is 0 Å². The van der Waals surface area contributed by atoms with Gasteiger partial charge in [0, 0.05) is 17.1 Å². The van der Waals surface area contributed by atoms with Crippen molar-refractivity contribution in [3.05, 3.63) is 176 Å². The van der Waals surface area contributed by atoms with Crippen LogP contribution < -0.4 is 4.90 Å². The Morgan fingerprint density at radius 1 is 0.293 bits per heavy atom. The molecule has 0 bridgehead atoms. The van der Waals surface area contributed by atoms with Gasteiger partial charge in [-0.3, -0.25) is 0 Å². The highest BCUT2D eigenvalue weighted by Gasteiger charge is 2.15. The Morgan fingerprint density at radius 3 is 1.51 bits per heavy atom. The van der Waals surface area contributed by atoms with E-state index >= 15 is 0 Å². The molecule has 0 aliphatic carbocycles. The molecule has 0 aliphatic heterocycles. The van der Waals surface area contributed by atoms with Gasteiger partial charge in [0.05, 0.1) is 0 Å². The molecular weight excluding hydrogens is 494 g/mol. The summed E-state index contributed by atoms with van der Waals surface area (Å²) in [6, 6.07) is 62.8. The van der Waals surface area contributed by atoms with Crippen LogP contribution in [0.5, 0.6) is 0 Å². The van der Waals surface area contributed by atoms with Gasteiger partial charge in [0.15, 0.2) is 0 Å². The average Bonchev–Trinajstić information content (AvgIpc) is 3.06. The highest BCUT2D eigenvalue weighted by molar-refractivity contribution is 5.97. The molecule has 7 rings (SSSR count). The first kappa shape index (κ1) is 24.6. The first-order valence-electron chi connectivity index (χ1n) is 14.0. The van der Waals surface area contributed by atoms with E-state index in [0.29, 0.717) is 0 Å². The Bertz CT molecular complexity index is 1930. The standard InChI is InChI=1S/C40H29N/c1-3-13-30(14-4-1)32-17-9-18-33(27-32)34-19-10-23-37(28-34)41(36-21-5-2-6-22-36)38-24-11-20-35(29-38)40-26-12-16-31-15-7-8-25-39(31)40/h1-29H. The molecule has 0 heterocycles. The lowest BCUT2D eigenvalue weighted by atomic mass is 9.97. The third-order valence-electron chi connectivity index (χ3n) is 7.63. The molecule has 1 heteroatoms. The zero-order valence-electron chi connectivity index (χ0n) is 22.7.